The molecule has 24 heavy (non-hydrogen) atoms. The van der Waals surface area contributed by atoms with E-state index in [1.807, 2.05) is 18.2 Å². The summed E-state index contributed by atoms with van der Waals surface area (Å²) in [5, 5.41) is 6.01. The maximum atomic E-state index is 12.7. The monoisotopic (exact) mass is 334 g/mol. The minimum Gasteiger partial charge on any atom is -0.352 e. The van der Waals surface area contributed by atoms with Crippen LogP contribution < -0.4 is 10.6 Å². The van der Waals surface area contributed by atoms with Gasteiger partial charge in [-0.1, -0.05) is 36.4 Å². The third kappa shape index (κ3) is 3.94. The van der Waals surface area contributed by atoms with E-state index in [4.69, 9.17) is 0 Å². The summed E-state index contributed by atoms with van der Waals surface area (Å²) in [6.07, 6.45) is -4.47. The van der Waals surface area contributed by atoms with E-state index in [0.717, 1.165) is 30.8 Å². The van der Waals surface area contributed by atoms with E-state index in [2.05, 4.69) is 10.6 Å². The number of amides is 1. The van der Waals surface area contributed by atoms with Crippen molar-refractivity contribution < 1.29 is 18.0 Å². The number of carbonyl (C=O) groups excluding carboxylic acids is 1. The van der Waals surface area contributed by atoms with Gasteiger partial charge in [-0.25, -0.2) is 0 Å². The maximum absolute atomic E-state index is 12.7. The maximum Gasteiger partial charge on any atom is 0.416 e. The van der Waals surface area contributed by atoms with Gasteiger partial charge in [0.25, 0.3) is 0 Å². The van der Waals surface area contributed by atoms with Crippen molar-refractivity contribution in [3.63, 3.8) is 0 Å². The highest BCUT2D eigenvalue weighted by Gasteiger charge is 2.30. The molecule has 0 bridgehead atoms. The molecule has 2 aromatic carbocycles. The van der Waals surface area contributed by atoms with Gasteiger partial charge < -0.3 is 10.6 Å². The lowest BCUT2D eigenvalue weighted by molar-refractivity contribution is -0.137. The summed E-state index contributed by atoms with van der Waals surface area (Å²) in [6, 6.07) is 10.9. The Morgan fingerprint density at radius 1 is 1.04 bits per heavy atom. The molecule has 0 saturated heterocycles. The molecular weight excluding hydrogens is 317 g/mol. The van der Waals surface area contributed by atoms with Crippen molar-refractivity contribution in [1.29, 1.82) is 0 Å². The second kappa shape index (κ2) is 6.65. The van der Waals surface area contributed by atoms with Crippen LogP contribution in [0.25, 0.3) is 0 Å². The van der Waals surface area contributed by atoms with E-state index in [9.17, 15) is 18.0 Å². The number of alkyl halides is 3. The molecule has 1 heterocycles. The molecule has 0 fully saturated rings. The second-order valence-corrected chi connectivity index (χ2v) is 5.86. The number of hydrogen-bond acceptors (Lipinski definition) is 2. The largest absolute Gasteiger partial charge is 0.416 e. The van der Waals surface area contributed by atoms with Crippen molar-refractivity contribution in [3.8, 4) is 0 Å². The predicted octanol–water partition coefficient (Wildman–Crippen LogP) is 3.17. The molecule has 1 amide bonds. The number of benzene rings is 2. The Bertz CT molecular complexity index is 756. The van der Waals surface area contributed by atoms with Crippen LogP contribution in [0.2, 0.25) is 0 Å². The number of fused-ring (bicyclic) bond motifs is 1. The van der Waals surface area contributed by atoms with Crippen molar-refractivity contribution in [1.82, 2.24) is 10.6 Å². The molecule has 6 heteroatoms. The lowest BCUT2D eigenvalue weighted by Crippen LogP contribution is -2.24. The zero-order valence-electron chi connectivity index (χ0n) is 12.9. The molecule has 0 radical (unpaired) electrons. The van der Waals surface area contributed by atoms with Crippen molar-refractivity contribution in [3.05, 3.63) is 70.3 Å². The Hall–Kier alpha value is -2.34. The van der Waals surface area contributed by atoms with Crippen LogP contribution in [-0.2, 0) is 37.0 Å². The standard InChI is InChI=1S/C18H17F3N2O/c19-18(20,21)16-3-1-2-12(7-16)8-17(24)23-9-13-4-5-14-10-22-11-15(14)6-13/h1-7,22H,8-11H2,(H,23,24). The minimum absolute atomic E-state index is 0.0730. The Labute approximate surface area is 137 Å². The molecule has 1 aliphatic rings. The third-order valence-electron chi connectivity index (χ3n) is 4.01. The molecule has 0 saturated carbocycles. The molecule has 3 rings (SSSR count). The molecule has 3 nitrogen and oxygen atoms in total. The normalized spacial score (nSPS) is 13.6. The van der Waals surface area contributed by atoms with Gasteiger partial charge >= 0.3 is 6.18 Å². The van der Waals surface area contributed by atoms with Gasteiger partial charge in [-0.05, 0) is 28.3 Å². The van der Waals surface area contributed by atoms with Gasteiger partial charge in [0.05, 0.1) is 12.0 Å². The van der Waals surface area contributed by atoms with Crippen LogP contribution in [0.1, 0.15) is 27.8 Å². The minimum atomic E-state index is -4.40. The smallest absolute Gasteiger partial charge is 0.352 e. The summed E-state index contributed by atoms with van der Waals surface area (Å²) in [5.41, 5.74) is 3.07. The Kier molecular flexibility index (Phi) is 4.57. The summed E-state index contributed by atoms with van der Waals surface area (Å²) in [7, 11) is 0. The van der Waals surface area contributed by atoms with Crippen LogP contribution in [0.4, 0.5) is 13.2 Å². The highest BCUT2D eigenvalue weighted by atomic mass is 19.4. The van der Waals surface area contributed by atoms with E-state index in [0.29, 0.717) is 12.1 Å². The number of halogens is 3. The van der Waals surface area contributed by atoms with Gasteiger partial charge in [-0.2, -0.15) is 13.2 Å². The first-order valence-corrected chi connectivity index (χ1v) is 7.66. The Balaban J connectivity index is 1.58. The number of nitrogens with one attached hydrogen (secondary N) is 2. The van der Waals surface area contributed by atoms with E-state index in [1.54, 1.807) is 0 Å². The molecule has 2 aromatic rings. The van der Waals surface area contributed by atoms with Crippen LogP contribution in [0.15, 0.2) is 42.5 Å². The van der Waals surface area contributed by atoms with Gasteiger partial charge in [0.2, 0.25) is 5.91 Å². The summed E-state index contributed by atoms with van der Waals surface area (Å²) in [5.74, 6) is -0.298. The highest BCUT2D eigenvalue weighted by Crippen LogP contribution is 2.29. The zero-order chi connectivity index (χ0) is 17.2. The summed E-state index contributed by atoms with van der Waals surface area (Å²) < 4.78 is 38.0. The zero-order valence-corrected chi connectivity index (χ0v) is 12.9. The van der Waals surface area contributed by atoms with Crippen LogP contribution in [0, 0.1) is 0 Å². The highest BCUT2D eigenvalue weighted by molar-refractivity contribution is 5.78. The van der Waals surface area contributed by atoms with Gasteiger partial charge in [0, 0.05) is 19.6 Å². The Morgan fingerprint density at radius 3 is 2.62 bits per heavy atom. The molecule has 0 spiro atoms. The SMILES string of the molecule is O=C(Cc1cccc(C(F)(F)F)c1)NCc1ccc2c(c1)CNC2. The van der Waals surface area contributed by atoms with E-state index in [1.165, 1.54) is 23.3 Å². The molecule has 126 valence electrons. The van der Waals surface area contributed by atoms with Crippen molar-refractivity contribution >= 4 is 5.91 Å². The van der Waals surface area contributed by atoms with Gasteiger partial charge in [-0.15, -0.1) is 0 Å². The molecular formula is C18H17F3N2O. The summed E-state index contributed by atoms with van der Waals surface area (Å²) >= 11 is 0. The lowest BCUT2D eigenvalue weighted by atomic mass is 10.1. The van der Waals surface area contributed by atoms with Crippen molar-refractivity contribution in [2.45, 2.75) is 32.2 Å². The van der Waals surface area contributed by atoms with Crippen molar-refractivity contribution in [2.75, 3.05) is 0 Å². The van der Waals surface area contributed by atoms with Gasteiger partial charge in [0.15, 0.2) is 0 Å². The van der Waals surface area contributed by atoms with Crippen LogP contribution in [0.5, 0.6) is 0 Å². The third-order valence-corrected chi connectivity index (χ3v) is 4.01. The molecule has 2 N–H and O–H groups in total. The number of carbonyl (C=O) groups is 1. The topological polar surface area (TPSA) is 41.1 Å². The first kappa shape index (κ1) is 16.5. The van der Waals surface area contributed by atoms with Crippen molar-refractivity contribution in [2.24, 2.45) is 0 Å². The van der Waals surface area contributed by atoms with E-state index in [-0.39, 0.29) is 12.3 Å². The van der Waals surface area contributed by atoms with Crippen LogP contribution in [-0.4, -0.2) is 5.91 Å². The first-order valence-electron chi connectivity index (χ1n) is 7.66. The van der Waals surface area contributed by atoms with Gasteiger partial charge in [-0.3, -0.25) is 4.79 Å². The first-order chi connectivity index (χ1) is 11.4. The molecule has 0 unspecified atom stereocenters. The Morgan fingerprint density at radius 2 is 1.83 bits per heavy atom. The molecule has 0 aromatic heterocycles. The predicted molar refractivity (Wildman–Crippen MR) is 84.0 cm³/mol. The van der Waals surface area contributed by atoms with E-state index >= 15 is 0 Å². The quantitative estimate of drug-likeness (QED) is 0.902. The second-order valence-electron chi connectivity index (χ2n) is 5.86. The average Bonchev–Trinajstić information content (AvgIpc) is 3.00. The fourth-order valence-electron chi connectivity index (χ4n) is 2.76. The lowest BCUT2D eigenvalue weighted by Gasteiger charge is -2.10. The van der Waals surface area contributed by atoms with Crippen LogP contribution >= 0.6 is 0 Å². The van der Waals surface area contributed by atoms with E-state index < -0.39 is 11.7 Å². The molecule has 1 aliphatic heterocycles. The summed E-state index contributed by atoms with van der Waals surface area (Å²) in [4.78, 5) is 12.0. The average molecular weight is 334 g/mol. The summed E-state index contributed by atoms with van der Waals surface area (Å²) in [6.45, 7) is 2.05. The number of hydrogen-bond donors (Lipinski definition) is 2. The fourth-order valence-corrected chi connectivity index (χ4v) is 2.76. The molecule has 0 atom stereocenters. The fraction of sp³-hybridized carbons (Fsp3) is 0.278. The number of rotatable bonds is 4. The van der Waals surface area contributed by atoms with Crippen LogP contribution in [0.3, 0.4) is 0 Å². The van der Waals surface area contributed by atoms with Gasteiger partial charge in [0.1, 0.15) is 0 Å². The molecule has 0 aliphatic carbocycles.